The van der Waals surface area contributed by atoms with Crippen LogP contribution in [0.1, 0.15) is 30.1 Å². The predicted molar refractivity (Wildman–Crippen MR) is 84.8 cm³/mol. The Morgan fingerprint density at radius 3 is 2.35 bits per heavy atom. The molecule has 0 aromatic heterocycles. The predicted octanol–water partition coefficient (Wildman–Crippen LogP) is 2.12. The van der Waals surface area contributed by atoms with E-state index in [0.717, 1.165) is 12.8 Å². The van der Waals surface area contributed by atoms with Crippen molar-refractivity contribution in [2.24, 2.45) is 5.92 Å². The quantitative estimate of drug-likeness (QED) is 0.720. The van der Waals surface area contributed by atoms with Gasteiger partial charge in [-0.05, 0) is 31.0 Å². The van der Waals surface area contributed by atoms with E-state index < -0.39 is 0 Å². The van der Waals surface area contributed by atoms with Crippen LogP contribution in [0, 0.1) is 5.92 Å². The van der Waals surface area contributed by atoms with Crippen LogP contribution in [-0.4, -0.2) is 50.7 Å². The van der Waals surface area contributed by atoms with Gasteiger partial charge < -0.3 is 19.1 Å². The number of methoxy groups -OCH3 is 3. The van der Waals surface area contributed by atoms with E-state index in [4.69, 9.17) is 14.2 Å². The lowest BCUT2D eigenvalue weighted by atomic mass is 10.1. The highest BCUT2D eigenvalue weighted by molar-refractivity contribution is 5.95. The van der Waals surface area contributed by atoms with Gasteiger partial charge in [0, 0.05) is 18.2 Å². The molecule has 0 heterocycles. The van der Waals surface area contributed by atoms with Gasteiger partial charge in [-0.3, -0.25) is 9.59 Å². The molecule has 0 radical (unpaired) electrons. The van der Waals surface area contributed by atoms with Crippen LogP contribution in [0.5, 0.6) is 11.5 Å². The Balaban J connectivity index is 2.19. The van der Waals surface area contributed by atoms with Gasteiger partial charge in [0.15, 0.2) is 11.5 Å². The number of hydrogen-bond acceptors (Lipinski definition) is 5. The Morgan fingerprint density at radius 1 is 1.17 bits per heavy atom. The zero-order chi connectivity index (χ0) is 17.0. The number of carbonyl (C=O) groups is 2. The highest BCUT2D eigenvalue weighted by Gasteiger charge is 2.35. The van der Waals surface area contributed by atoms with E-state index in [1.807, 2.05) is 0 Å². The lowest BCUT2D eigenvalue weighted by Crippen LogP contribution is -2.38. The first-order valence-electron chi connectivity index (χ1n) is 7.62. The SMILES string of the molecule is COC(=O)C(C)CN(C(=O)c1ccc(OC)c(OC)c1)C1CC1. The van der Waals surface area contributed by atoms with Crippen LogP contribution >= 0.6 is 0 Å². The fraction of sp³-hybridized carbons (Fsp3) is 0.529. The summed E-state index contributed by atoms with van der Waals surface area (Å²) in [5.74, 6) is 0.310. The van der Waals surface area contributed by atoms with E-state index in [9.17, 15) is 9.59 Å². The molecule has 1 unspecified atom stereocenters. The maximum absolute atomic E-state index is 12.8. The maximum Gasteiger partial charge on any atom is 0.310 e. The van der Waals surface area contributed by atoms with Crippen molar-refractivity contribution in [1.82, 2.24) is 4.90 Å². The number of hydrogen-bond donors (Lipinski definition) is 0. The zero-order valence-electron chi connectivity index (χ0n) is 14.0. The Kier molecular flexibility index (Phi) is 5.47. The fourth-order valence-electron chi connectivity index (χ4n) is 2.49. The molecule has 1 fully saturated rings. The summed E-state index contributed by atoms with van der Waals surface area (Å²) in [6.45, 7) is 2.12. The summed E-state index contributed by atoms with van der Waals surface area (Å²) in [6, 6.07) is 5.28. The number of esters is 1. The van der Waals surface area contributed by atoms with E-state index in [1.54, 1.807) is 37.1 Å². The van der Waals surface area contributed by atoms with Crippen LogP contribution in [0.3, 0.4) is 0 Å². The van der Waals surface area contributed by atoms with Crippen LogP contribution in [0.2, 0.25) is 0 Å². The summed E-state index contributed by atoms with van der Waals surface area (Å²) < 4.78 is 15.2. The molecule has 1 amide bonds. The Morgan fingerprint density at radius 2 is 1.83 bits per heavy atom. The topological polar surface area (TPSA) is 65.1 Å². The average molecular weight is 321 g/mol. The van der Waals surface area contributed by atoms with Crippen molar-refractivity contribution in [3.8, 4) is 11.5 Å². The third kappa shape index (κ3) is 3.94. The normalized spacial score (nSPS) is 14.8. The third-order valence-electron chi connectivity index (χ3n) is 3.95. The minimum absolute atomic E-state index is 0.107. The molecule has 1 atom stereocenters. The van der Waals surface area contributed by atoms with Crippen molar-refractivity contribution >= 4 is 11.9 Å². The average Bonchev–Trinajstić information content (AvgIpc) is 3.42. The molecule has 1 aromatic carbocycles. The van der Waals surface area contributed by atoms with E-state index >= 15 is 0 Å². The van der Waals surface area contributed by atoms with Gasteiger partial charge in [-0.15, -0.1) is 0 Å². The molecule has 23 heavy (non-hydrogen) atoms. The largest absolute Gasteiger partial charge is 0.493 e. The van der Waals surface area contributed by atoms with Crippen LogP contribution in [0.25, 0.3) is 0 Å². The first-order valence-corrected chi connectivity index (χ1v) is 7.62. The van der Waals surface area contributed by atoms with Gasteiger partial charge in [0.2, 0.25) is 0 Å². The molecule has 1 aromatic rings. The summed E-state index contributed by atoms with van der Waals surface area (Å²) in [5.41, 5.74) is 0.520. The van der Waals surface area contributed by atoms with Gasteiger partial charge in [0.25, 0.3) is 5.91 Å². The van der Waals surface area contributed by atoms with Gasteiger partial charge in [-0.2, -0.15) is 0 Å². The molecule has 0 N–H and O–H groups in total. The molecule has 6 heteroatoms. The van der Waals surface area contributed by atoms with Crippen LogP contribution in [-0.2, 0) is 9.53 Å². The fourth-order valence-corrected chi connectivity index (χ4v) is 2.49. The van der Waals surface area contributed by atoms with Gasteiger partial charge in [0.1, 0.15) is 0 Å². The summed E-state index contributed by atoms with van der Waals surface area (Å²) in [6.07, 6.45) is 1.93. The van der Waals surface area contributed by atoms with E-state index in [2.05, 4.69) is 0 Å². The van der Waals surface area contributed by atoms with E-state index in [1.165, 1.54) is 14.2 Å². The second-order valence-electron chi connectivity index (χ2n) is 5.68. The first-order chi connectivity index (χ1) is 11.0. The molecule has 0 aliphatic heterocycles. The van der Waals surface area contributed by atoms with Crippen LogP contribution in [0.15, 0.2) is 18.2 Å². The molecule has 0 saturated heterocycles. The van der Waals surface area contributed by atoms with Crippen molar-refractivity contribution in [3.05, 3.63) is 23.8 Å². The number of rotatable bonds is 7. The van der Waals surface area contributed by atoms with Crippen molar-refractivity contribution in [1.29, 1.82) is 0 Å². The van der Waals surface area contributed by atoms with Crippen molar-refractivity contribution in [3.63, 3.8) is 0 Å². The monoisotopic (exact) mass is 321 g/mol. The standard InChI is InChI=1S/C17H23NO5/c1-11(17(20)23-4)10-18(13-6-7-13)16(19)12-5-8-14(21-2)15(9-12)22-3/h5,8-9,11,13H,6-7,10H2,1-4H3. The van der Waals surface area contributed by atoms with Crippen LogP contribution in [0.4, 0.5) is 0 Å². The molecular formula is C17H23NO5. The summed E-state index contributed by atoms with van der Waals surface area (Å²) in [4.78, 5) is 26.2. The molecule has 0 spiro atoms. The molecule has 1 aliphatic carbocycles. The molecule has 126 valence electrons. The molecule has 1 saturated carbocycles. The minimum Gasteiger partial charge on any atom is -0.493 e. The minimum atomic E-state index is -0.357. The maximum atomic E-state index is 12.8. The smallest absolute Gasteiger partial charge is 0.310 e. The second kappa shape index (κ2) is 7.35. The zero-order valence-corrected chi connectivity index (χ0v) is 14.0. The van der Waals surface area contributed by atoms with Crippen molar-refractivity contribution in [2.75, 3.05) is 27.9 Å². The van der Waals surface area contributed by atoms with Gasteiger partial charge in [0.05, 0.1) is 27.2 Å². The number of ether oxygens (including phenoxy) is 3. The molecule has 0 bridgehead atoms. The molecular weight excluding hydrogens is 298 g/mol. The summed E-state index contributed by atoms with van der Waals surface area (Å²) in [7, 11) is 4.44. The van der Waals surface area contributed by atoms with E-state index in [0.29, 0.717) is 23.6 Å². The number of nitrogens with zero attached hydrogens (tertiary/aromatic N) is 1. The second-order valence-corrected chi connectivity index (χ2v) is 5.68. The lowest BCUT2D eigenvalue weighted by molar-refractivity contribution is -0.145. The number of benzene rings is 1. The first kappa shape index (κ1) is 17.1. The van der Waals surface area contributed by atoms with Gasteiger partial charge in [-0.1, -0.05) is 6.92 Å². The Labute approximate surface area is 136 Å². The molecule has 2 rings (SSSR count). The number of amides is 1. The van der Waals surface area contributed by atoms with Crippen molar-refractivity contribution in [2.45, 2.75) is 25.8 Å². The highest BCUT2D eigenvalue weighted by atomic mass is 16.5. The van der Waals surface area contributed by atoms with Gasteiger partial charge in [-0.25, -0.2) is 0 Å². The third-order valence-corrected chi connectivity index (χ3v) is 3.95. The molecule has 6 nitrogen and oxygen atoms in total. The Hall–Kier alpha value is -2.24. The summed E-state index contributed by atoms with van der Waals surface area (Å²) >= 11 is 0. The molecule has 1 aliphatic rings. The van der Waals surface area contributed by atoms with E-state index in [-0.39, 0.29) is 23.8 Å². The van der Waals surface area contributed by atoms with Crippen LogP contribution < -0.4 is 9.47 Å². The number of carbonyl (C=O) groups excluding carboxylic acids is 2. The highest BCUT2D eigenvalue weighted by Crippen LogP contribution is 2.32. The summed E-state index contributed by atoms with van der Waals surface area (Å²) in [5, 5.41) is 0. The van der Waals surface area contributed by atoms with Crippen molar-refractivity contribution < 1.29 is 23.8 Å². The van der Waals surface area contributed by atoms with Gasteiger partial charge >= 0.3 is 5.97 Å². The Bertz CT molecular complexity index is 582. The lowest BCUT2D eigenvalue weighted by Gasteiger charge is -2.25.